The second-order valence-corrected chi connectivity index (χ2v) is 8.41. The Morgan fingerprint density at radius 1 is 0.939 bits per heavy atom. The zero-order valence-corrected chi connectivity index (χ0v) is 19.5. The number of hydrogen-bond acceptors (Lipinski definition) is 7. The van der Waals surface area contributed by atoms with E-state index in [2.05, 4.69) is 0 Å². The van der Waals surface area contributed by atoms with Gasteiger partial charge in [0.25, 0.3) is 11.8 Å². The molecule has 33 heavy (non-hydrogen) atoms. The molecule has 8 heteroatoms. The largest absolute Gasteiger partial charge is 0.497 e. The molecule has 0 radical (unpaired) electrons. The van der Waals surface area contributed by atoms with Crippen molar-refractivity contribution < 1.29 is 29.0 Å². The van der Waals surface area contributed by atoms with Gasteiger partial charge in [0.05, 0.1) is 19.3 Å². The van der Waals surface area contributed by atoms with Crippen molar-refractivity contribution in [3.63, 3.8) is 0 Å². The number of methoxy groups -OCH3 is 2. The van der Waals surface area contributed by atoms with Gasteiger partial charge in [0.1, 0.15) is 11.8 Å². The van der Waals surface area contributed by atoms with Gasteiger partial charge < -0.3 is 14.6 Å². The third kappa shape index (κ3) is 5.78. The van der Waals surface area contributed by atoms with Crippen molar-refractivity contribution in [1.82, 2.24) is 9.96 Å². The zero-order valence-electron chi connectivity index (χ0n) is 19.5. The first kappa shape index (κ1) is 24.9. The highest BCUT2D eigenvalue weighted by Gasteiger charge is 2.50. The molecule has 2 aromatic rings. The molecule has 0 aromatic heterocycles. The SMILES string of the molecule is COCON1C(=O)[C@H]([C@@H](O)C(C)C)N(Cc2ccc(OC)cc2)[C@@H](Cc2ccccc2)C1=O. The van der Waals surface area contributed by atoms with Gasteiger partial charge in [-0.15, -0.1) is 5.06 Å². The summed E-state index contributed by atoms with van der Waals surface area (Å²) >= 11 is 0. The Morgan fingerprint density at radius 3 is 2.18 bits per heavy atom. The molecular formula is C25H32N2O6. The number of rotatable bonds is 10. The highest BCUT2D eigenvalue weighted by atomic mass is 16.8. The number of ether oxygens (including phenoxy) is 2. The Hall–Kier alpha value is -2.78. The molecule has 3 rings (SSSR count). The standard InChI is InChI=1S/C25H32N2O6/c1-17(2)23(28)22-25(30)27(33-16-31-3)24(29)21(14-18-8-6-5-7-9-18)26(22)15-19-10-12-20(32-4)13-11-19/h5-13,17,21-23,28H,14-16H2,1-4H3/t21-,22-,23-/m0/s1. The molecule has 0 saturated carbocycles. The molecule has 8 nitrogen and oxygen atoms in total. The van der Waals surface area contributed by atoms with Crippen LogP contribution in [0.4, 0.5) is 0 Å². The van der Waals surface area contributed by atoms with Crippen LogP contribution < -0.4 is 4.74 Å². The summed E-state index contributed by atoms with van der Waals surface area (Å²) in [4.78, 5) is 34.0. The normalized spacial score (nSPS) is 20.4. The lowest BCUT2D eigenvalue weighted by molar-refractivity contribution is -0.238. The number of nitrogens with zero attached hydrogens (tertiary/aromatic N) is 2. The van der Waals surface area contributed by atoms with Crippen molar-refractivity contribution in [3.05, 3.63) is 65.7 Å². The first-order chi connectivity index (χ1) is 15.9. The van der Waals surface area contributed by atoms with E-state index < -0.39 is 30.0 Å². The summed E-state index contributed by atoms with van der Waals surface area (Å²) in [6.45, 7) is 3.73. The maximum Gasteiger partial charge on any atom is 0.273 e. The van der Waals surface area contributed by atoms with Crippen molar-refractivity contribution in [2.24, 2.45) is 5.92 Å². The molecule has 0 aliphatic carbocycles. The van der Waals surface area contributed by atoms with E-state index in [4.69, 9.17) is 14.3 Å². The minimum absolute atomic E-state index is 0.216. The Kier molecular flexibility index (Phi) is 8.57. The summed E-state index contributed by atoms with van der Waals surface area (Å²) in [6.07, 6.45) is -0.646. The average Bonchev–Trinajstić information content (AvgIpc) is 2.82. The molecule has 1 fully saturated rings. The van der Waals surface area contributed by atoms with E-state index in [1.165, 1.54) is 7.11 Å². The number of hydrogen-bond donors (Lipinski definition) is 1. The minimum Gasteiger partial charge on any atom is -0.497 e. The molecule has 2 aromatic carbocycles. The van der Waals surface area contributed by atoms with Gasteiger partial charge >= 0.3 is 0 Å². The monoisotopic (exact) mass is 456 g/mol. The van der Waals surface area contributed by atoms with Gasteiger partial charge in [-0.05, 0) is 35.6 Å². The van der Waals surface area contributed by atoms with Crippen LogP contribution in [0.25, 0.3) is 0 Å². The van der Waals surface area contributed by atoms with Crippen LogP contribution >= 0.6 is 0 Å². The van der Waals surface area contributed by atoms with E-state index in [0.29, 0.717) is 18.7 Å². The quantitative estimate of drug-likeness (QED) is 0.434. The summed E-state index contributed by atoms with van der Waals surface area (Å²) < 4.78 is 10.2. The van der Waals surface area contributed by atoms with Crippen LogP contribution in [0.15, 0.2) is 54.6 Å². The van der Waals surface area contributed by atoms with Gasteiger partial charge in [-0.25, -0.2) is 4.84 Å². The van der Waals surface area contributed by atoms with Crippen LogP contribution in [-0.2, 0) is 32.1 Å². The molecule has 0 unspecified atom stereocenters. The molecular weight excluding hydrogens is 424 g/mol. The van der Waals surface area contributed by atoms with Crippen molar-refractivity contribution in [3.8, 4) is 5.75 Å². The fourth-order valence-electron chi connectivity index (χ4n) is 3.97. The van der Waals surface area contributed by atoms with Crippen LogP contribution in [0.1, 0.15) is 25.0 Å². The molecule has 3 atom stereocenters. The predicted octanol–water partition coefficient (Wildman–Crippen LogP) is 2.40. The first-order valence-electron chi connectivity index (χ1n) is 11.0. The van der Waals surface area contributed by atoms with Crippen molar-refractivity contribution >= 4 is 11.8 Å². The molecule has 1 N–H and O–H groups in total. The van der Waals surface area contributed by atoms with E-state index in [0.717, 1.165) is 16.2 Å². The van der Waals surface area contributed by atoms with Crippen molar-refractivity contribution in [2.45, 2.75) is 45.0 Å². The van der Waals surface area contributed by atoms with E-state index in [1.807, 2.05) is 68.4 Å². The lowest BCUT2D eigenvalue weighted by Gasteiger charge is -2.46. The second kappa shape index (κ2) is 11.4. The Balaban J connectivity index is 2.02. The number of carbonyl (C=O) groups is 2. The van der Waals surface area contributed by atoms with Crippen LogP contribution in [0.3, 0.4) is 0 Å². The number of imide groups is 1. The molecule has 0 bridgehead atoms. The molecule has 2 amide bonds. The number of piperazine rings is 1. The van der Waals surface area contributed by atoms with E-state index in [-0.39, 0.29) is 12.7 Å². The average molecular weight is 457 g/mol. The van der Waals surface area contributed by atoms with Crippen LogP contribution in [0.5, 0.6) is 5.75 Å². The molecule has 1 aliphatic rings. The van der Waals surface area contributed by atoms with E-state index in [9.17, 15) is 14.7 Å². The number of hydroxylamine groups is 2. The van der Waals surface area contributed by atoms with Gasteiger partial charge in [0, 0.05) is 13.7 Å². The molecule has 1 heterocycles. The maximum atomic E-state index is 13.5. The van der Waals surface area contributed by atoms with Crippen LogP contribution in [-0.4, -0.2) is 66.1 Å². The number of amides is 2. The van der Waals surface area contributed by atoms with Crippen LogP contribution in [0, 0.1) is 5.92 Å². The van der Waals surface area contributed by atoms with Crippen molar-refractivity contribution in [2.75, 3.05) is 21.0 Å². The minimum atomic E-state index is -1.00. The number of aliphatic hydroxyl groups excluding tert-OH is 1. The van der Waals surface area contributed by atoms with Crippen molar-refractivity contribution in [1.29, 1.82) is 0 Å². The van der Waals surface area contributed by atoms with Crippen LogP contribution in [0.2, 0.25) is 0 Å². The summed E-state index contributed by atoms with van der Waals surface area (Å²) in [5.74, 6) is -0.590. The molecule has 1 aliphatic heterocycles. The number of carbonyl (C=O) groups excluding carboxylic acids is 2. The smallest absolute Gasteiger partial charge is 0.273 e. The van der Waals surface area contributed by atoms with E-state index >= 15 is 0 Å². The third-order valence-electron chi connectivity index (χ3n) is 5.80. The summed E-state index contributed by atoms with van der Waals surface area (Å²) in [6, 6.07) is 15.3. The Bertz CT molecular complexity index is 918. The van der Waals surface area contributed by atoms with Gasteiger partial charge in [0.2, 0.25) is 0 Å². The zero-order chi connectivity index (χ0) is 24.0. The second-order valence-electron chi connectivity index (χ2n) is 8.41. The topological polar surface area (TPSA) is 88.5 Å². The van der Waals surface area contributed by atoms with Gasteiger partial charge in [-0.1, -0.05) is 56.3 Å². The van der Waals surface area contributed by atoms with Gasteiger partial charge in [0.15, 0.2) is 6.79 Å². The molecule has 178 valence electrons. The lowest BCUT2D eigenvalue weighted by atomic mass is 9.91. The number of aliphatic hydroxyl groups is 1. The lowest BCUT2D eigenvalue weighted by Crippen LogP contribution is -2.68. The Morgan fingerprint density at radius 2 is 1.61 bits per heavy atom. The molecule has 0 spiro atoms. The van der Waals surface area contributed by atoms with E-state index in [1.54, 1.807) is 12.0 Å². The number of benzene rings is 2. The maximum absolute atomic E-state index is 13.5. The highest BCUT2D eigenvalue weighted by molar-refractivity contribution is 6.02. The Labute approximate surface area is 194 Å². The van der Waals surface area contributed by atoms with Gasteiger partial charge in [-0.3, -0.25) is 14.5 Å². The predicted molar refractivity (Wildman–Crippen MR) is 122 cm³/mol. The molecule has 1 saturated heterocycles. The summed E-state index contributed by atoms with van der Waals surface area (Å²) in [5.41, 5.74) is 1.83. The first-order valence-corrected chi connectivity index (χ1v) is 11.0. The summed E-state index contributed by atoms with van der Waals surface area (Å²) in [5, 5.41) is 11.8. The van der Waals surface area contributed by atoms with Gasteiger partial charge in [-0.2, -0.15) is 0 Å². The summed E-state index contributed by atoms with van der Waals surface area (Å²) in [7, 11) is 3.01. The fourth-order valence-corrected chi connectivity index (χ4v) is 3.97. The highest BCUT2D eigenvalue weighted by Crippen LogP contribution is 2.29. The third-order valence-corrected chi connectivity index (χ3v) is 5.80. The fraction of sp³-hybridized carbons (Fsp3) is 0.440.